The number of carbonyl (C=O) groups is 2. The molecule has 1 atom stereocenters. The smallest absolute Gasteiger partial charge is 0.264 e. The molecular weight excluding hydrogens is 491 g/mol. The van der Waals surface area contributed by atoms with Crippen molar-refractivity contribution >= 4 is 57.6 Å². The van der Waals surface area contributed by atoms with Crippen molar-refractivity contribution in [3.05, 3.63) is 75.1 Å². The number of aliphatic imine (C=N–C) groups is 1. The number of para-hydroxylation sites is 1. The first kappa shape index (κ1) is 24.8. The van der Waals surface area contributed by atoms with Gasteiger partial charge in [0.2, 0.25) is 5.91 Å². The molecule has 0 aromatic heterocycles. The summed E-state index contributed by atoms with van der Waals surface area (Å²) in [5, 5.41) is 3.78. The zero-order valence-corrected chi connectivity index (χ0v) is 21.2. The van der Waals surface area contributed by atoms with Crippen molar-refractivity contribution in [1.29, 1.82) is 0 Å². The van der Waals surface area contributed by atoms with Crippen molar-refractivity contribution in [2.75, 3.05) is 26.7 Å². The molecule has 0 aliphatic carbocycles. The van der Waals surface area contributed by atoms with E-state index in [0.29, 0.717) is 38.3 Å². The normalized spacial score (nSPS) is 20.8. The molecule has 4 rings (SSSR count). The van der Waals surface area contributed by atoms with Gasteiger partial charge in [0.1, 0.15) is 5.69 Å². The van der Waals surface area contributed by atoms with E-state index in [2.05, 4.69) is 39.5 Å². The van der Waals surface area contributed by atoms with Crippen molar-refractivity contribution in [2.24, 2.45) is 10.9 Å². The van der Waals surface area contributed by atoms with Crippen LogP contribution in [0, 0.1) is 5.92 Å². The van der Waals surface area contributed by atoms with Crippen molar-refractivity contribution in [3.8, 4) is 0 Å². The largest absolute Gasteiger partial charge is 0.342 e. The number of thioether (sulfide) groups is 1. The Morgan fingerprint density at radius 2 is 1.94 bits per heavy atom. The Hall–Kier alpha value is -2.32. The van der Waals surface area contributed by atoms with E-state index in [1.807, 2.05) is 6.07 Å². The zero-order valence-electron chi connectivity index (χ0n) is 18.8. The Labute approximate surface area is 214 Å². The molecule has 178 valence electrons. The highest BCUT2D eigenvalue weighted by Gasteiger charge is 2.27. The molecule has 2 aromatic carbocycles. The highest BCUT2D eigenvalue weighted by molar-refractivity contribution is 8.18. The molecule has 0 saturated carbocycles. The van der Waals surface area contributed by atoms with E-state index in [-0.39, 0.29) is 11.8 Å². The van der Waals surface area contributed by atoms with Crippen molar-refractivity contribution in [3.63, 3.8) is 0 Å². The monoisotopic (exact) mass is 516 g/mol. The molecule has 1 N–H and O–H groups in total. The molecule has 2 amide bonds. The van der Waals surface area contributed by atoms with Gasteiger partial charge in [0.25, 0.3) is 5.91 Å². The fraction of sp³-hybridized carbons (Fsp3) is 0.320. The molecule has 2 fully saturated rings. The van der Waals surface area contributed by atoms with Crippen LogP contribution < -0.4 is 5.32 Å². The zero-order chi connectivity index (χ0) is 24.1. The van der Waals surface area contributed by atoms with Gasteiger partial charge in [-0.1, -0.05) is 59.6 Å². The number of amides is 2. The number of amidine groups is 1. The molecule has 6 nitrogen and oxygen atoms in total. The number of nitrogens with one attached hydrogen (secondary N) is 1. The first-order valence-corrected chi connectivity index (χ1v) is 12.7. The van der Waals surface area contributed by atoms with Crippen LogP contribution >= 0.6 is 35.0 Å². The lowest BCUT2D eigenvalue weighted by atomic mass is 10.0. The molecule has 2 aliphatic rings. The maximum absolute atomic E-state index is 12.7. The second kappa shape index (κ2) is 11.4. The van der Waals surface area contributed by atoms with Gasteiger partial charge >= 0.3 is 0 Å². The van der Waals surface area contributed by atoms with E-state index >= 15 is 0 Å². The van der Waals surface area contributed by atoms with E-state index in [1.54, 1.807) is 30.1 Å². The number of benzene rings is 2. The number of nitrogens with zero attached hydrogens (tertiary/aromatic N) is 3. The molecule has 2 heterocycles. The Balaban J connectivity index is 1.28. The second-order valence-electron chi connectivity index (χ2n) is 8.48. The maximum Gasteiger partial charge on any atom is 0.264 e. The number of hydrogen-bond acceptors (Lipinski definition) is 5. The number of hydrogen-bond donors (Lipinski definition) is 1. The van der Waals surface area contributed by atoms with Crippen LogP contribution in [0.2, 0.25) is 10.0 Å². The number of likely N-dealkylation sites (tertiary alicyclic amines) is 1. The molecule has 9 heteroatoms. The maximum atomic E-state index is 12.7. The number of rotatable bonds is 7. The van der Waals surface area contributed by atoms with Gasteiger partial charge in [0.15, 0.2) is 5.17 Å². The summed E-state index contributed by atoms with van der Waals surface area (Å²) in [6.07, 6.45) is 3.44. The van der Waals surface area contributed by atoms with Crippen molar-refractivity contribution in [1.82, 2.24) is 15.1 Å². The fourth-order valence-electron chi connectivity index (χ4n) is 4.02. The van der Waals surface area contributed by atoms with Crippen LogP contribution in [-0.4, -0.2) is 53.5 Å². The molecule has 2 saturated heterocycles. The predicted octanol–water partition coefficient (Wildman–Crippen LogP) is 5.10. The lowest BCUT2D eigenvalue weighted by molar-refractivity contribution is -0.125. The standard InChI is InChI=1S/C25H26Cl2N4O2S/c1-30(12-10-18-11-13-31(16-18)15-17-6-3-2-4-7-17)22(32)14-21-24(33)29-25(34-21)28-23-19(26)8-5-9-20(23)27/h2-9,14,18H,10-13,15-16H2,1H3,(H,28,29,33). The Morgan fingerprint density at radius 3 is 2.68 bits per heavy atom. The first-order valence-electron chi connectivity index (χ1n) is 11.1. The van der Waals surface area contributed by atoms with Crippen molar-refractivity contribution in [2.45, 2.75) is 19.4 Å². The summed E-state index contributed by atoms with van der Waals surface area (Å²) in [4.78, 5) is 33.8. The molecular formula is C25H26Cl2N4O2S. The third kappa shape index (κ3) is 6.42. The summed E-state index contributed by atoms with van der Waals surface area (Å²) >= 11 is 13.4. The predicted molar refractivity (Wildman–Crippen MR) is 139 cm³/mol. The van der Waals surface area contributed by atoms with E-state index < -0.39 is 0 Å². The molecule has 2 aromatic rings. The van der Waals surface area contributed by atoms with Gasteiger partial charge in [0, 0.05) is 32.8 Å². The van der Waals surface area contributed by atoms with Crippen LogP contribution in [0.1, 0.15) is 18.4 Å². The van der Waals surface area contributed by atoms with Gasteiger partial charge in [-0.15, -0.1) is 0 Å². The topological polar surface area (TPSA) is 65.0 Å². The summed E-state index contributed by atoms with van der Waals surface area (Å²) in [5.74, 6) is 0.00436. The number of carbonyl (C=O) groups excluding carboxylic acids is 2. The quantitative estimate of drug-likeness (QED) is 0.520. The fourth-order valence-corrected chi connectivity index (χ4v) is 5.29. The van der Waals surface area contributed by atoms with Crippen LogP contribution in [0.5, 0.6) is 0 Å². The third-order valence-corrected chi connectivity index (χ3v) is 7.44. The van der Waals surface area contributed by atoms with Gasteiger partial charge in [0.05, 0.1) is 15.0 Å². The summed E-state index contributed by atoms with van der Waals surface area (Å²) in [5.41, 5.74) is 1.71. The molecule has 1 unspecified atom stereocenters. The minimum absolute atomic E-state index is 0.200. The third-order valence-electron chi connectivity index (χ3n) is 5.92. The highest BCUT2D eigenvalue weighted by atomic mass is 35.5. The average Bonchev–Trinajstić information content (AvgIpc) is 3.41. The molecule has 0 bridgehead atoms. The molecule has 0 radical (unpaired) electrons. The average molecular weight is 517 g/mol. The van der Waals surface area contributed by atoms with Crippen LogP contribution in [-0.2, 0) is 16.1 Å². The van der Waals surface area contributed by atoms with Gasteiger partial charge < -0.3 is 10.2 Å². The lowest BCUT2D eigenvalue weighted by Crippen LogP contribution is -2.28. The van der Waals surface area contributed by atoms with E-state index in [0.717, 1.165) is 44.2 Å². The molecule has 2 aliphatic heterocycles. The molecule has 34 heavy (non-hydrogen) atoms. The first-order chi connectivity index (χ1) is 16.4. The van der Waals surface area contributed by atoms with Gasteiger partial charge in [-0.25, -0.2) is 4.99 Å². The number of likely N-dealkylation sites (N-methyl/N-ethyl adjacent to an activating group) is 1. The minimum atomic E-state index is -0.360. The van der Waals surface area contributed by atoms with Crippen LogP contribution in [0.25, 0.3) is 0 Å². The van der Waals surface area contributed by atoms with Crippen LogP contribution in [0.3, 0.4) is 0 Å². The summed E-state index contributed by atoms with van der Waals surface area (Å²) in [6, 6.07) is 15.6. The Bertz CT molecular complexity index is 1100. The van der Waals surface area contributed by atoms with Crippen LogP contribution in [0.15, 0.2) is 64.5 Å². The Kier molecular flexibility index (Phi) is 8.32. The van der Waals surface area contributed by atoms with Crippen LogP contribution in [0.4, 0.5) is 5.69 Å². The number of halogens is 2. The van der Waals surface area contributed by atoms with E-state index in [4.69, 9.17) is 23.2 Å². The van der Waals surface area contributed by atoms with Gasteiger partial charge in [-0.2, -0.15) is 0 Å². The van der Waals surface area contributed by atoms with Gasteiger partial charge in [-0.3, -0.25) is 14.5 Å². The summed E-state index contributed by atoms with van der Waals surface area (Å²) in [7, 11) is 1.77. The van der Waals surface area contributed by atoms with Crippen molar-refractivity contribution < 1.29 is 9.59 Å². The summed E-state index contributed by atoms with van der Waals surface area (Å²) in [6.45, 7) is 3.74. The SMILES string of the molecule is CN(CCC1CCN(Cc2ccccc2)C1)C(=O)C=C1SC(=Nc2c(Cl)cccc2Cl)NC1=O. The van der Waals surface area contributed by atoms with E-state index in [1.165, 1.54) is 11.6 Å². The minimum Gasteiger partial charge on any atom is -0.342 e. The highest BCUT2D eigenvalue weighted by Crippen LogP contribution is 2.35. The summed E-state index contributed by atoms with van der Waals surface area (Å²) < 4.78 is 0. The second-order valence-corrected chi connectivity index (χ2v) is 10.3. The van der Waals surface area contributed by atoms with E-state index in [9.17, 15) is 9.59 Å². The van der Waals surface area contributed by atoms with Gasteiger partial charge in [-0.05, 0) is 54.8 Å². The lowest BCUT2D eigenvalue weighted by Gasteiger charge is -2.19. The Morgan fingerprint density at radius 1 is 1.21 bits per heavy atom. The molecule has 0 spiro atoms.